The number of fused-ring (bicyclic) bond motifs is 2. The van der Waals surface area contributed by atoms with Gasteiger partial charge in [0.25, 0.3) is 0 Å². The monoisotopic (exact) mass is 881 g/mol. The van der Waals surface area contributed by atoms with Crippen LogP contribution in [0.1, 0.15) is 47.9 Å². The fraction of sp³-hybridized carbons (Fsp3) is 0.465. The van der Waals surface area contributed by atoms with E-state index < -0.39 is 16.2 Å². The number of methoxy groups -OCH3 is 2. The summed E-state index contributed by atoms with van der Waals surface area (Å²) >= 11 is 0. The van der Waals surface area contributed by atoms with E-state index >= 15 is 0 Å². The lowest BCUT2D eigenvalue weighted by atomic mass is 9.98. The van der Waals surface area contributed by atoms with Crippen LogP contribution in [-0.2, 0) is 35.9 Å². The number of pyridine rings is 2. The van der Waals surface area contributed by atoms with E-state index in [2.05, 4.69) is 60.4 Å². The molecule has 60 heavy (non-hydrogen) atoms. The normalized spacial score (nSPS) is 18.1. The number of carbonyl (C=O) groups excluding carboxylic acids is 1. The molecule has 2 saturated heterocycles. The van der Waals surface area contributed by atoms with Crippen LogP contribution in [0.2, 0.25) is 0 Å². The van der Waals surface area contributed by atoms with Crippen molar-refractivity contribution in [1.82, 2.24) is 34.1 Å². The Morgan fingerprint density at radius 1 is 0.800 bits per heavy atom. The van der Waals surface area contributed by atoms with Crippen molar-refractivity contribution in [2.45, 2.75) is 63.5 Å². The predicted octanol–water partition coefficient (Wildman–Crippen LogP) is 5.21. The fourth-order valence-electron chi connectivity index (χ4n) is 8.28. The van der Waals surface area contributed by atoms with Crippen molar-refractivity contribution in [2.75, 3.05) is 79.6 Å². The van der Waals surface area contributed by atoms with Crippen LogP contribution in [-0.4, -0.2) is 119 Å². The minimum absolute atomic E-state index is 0. The van der Waals surface area contributed by atoms with E-state index in [-0.39, 0.29) is 33.0 Å². The first kappa shape index (κ1) is 48.6. The van der Waals surface area contributed by atoms with E-state index in [0.717, 1.165) is 84.6 Å². The molecular formula is C43H63N9O5S3. The van der Waals surface area contributed by atoms with Crippen molar-refractivity contribution in [3.05, 3.63) is 83.2 Å². The number of hydrogen-bond donors (Lipinski definition) is 4. The van der Waals surface area contributed by atoms with Crippen LogP contribution in [0.25, 0.3) is 22.3 Å². The first-order valence-corrected chi connectivity index (χ1v) is 21.5. The van der Waals surface area contributed by atoms with Gasteiger partial charge >= 0.3 is 16.2 Å². The summed E-state index contributed by atoms with van der Waals surface area (Å²) in [7, 11) is 6.85. The second-order valence-electron chi connectivity index (χ2n) is 15.5. The summed E-state index contributed by atoms with van der Waals surface area (Å²) in [5.74, 6) is 1.08. The van der Waals surface area contributed by atoms with E-state index in [4.69, 9.17) is 15.2 Å². The number of hydrogen-bond acceptors (Lipinski definition) is 11. The minimum atomic E-state index is -3.97. The van der Waals surface area contributed by atoms with Crippen LogP contribution >= 0.6 is 27.0 Å². The average Bonchev–Trinajstić information content (AvgIpc) is 4.07. The van der Waals surface area contributed by atoms with Crippen molar-refractivity contribution < 1.29 is 22.7 Å². The Labute approximate surface area is 370 Å². The maximum absolute atomic E-state index is 12.8. The van der Waals surface area contributed by atoms with Gasteiger partial charge in [-0.05, 0) is 131 Å². The predicted molar refractivity (Wildman–Crippen MR) is 251 cm³/mol. The van der Waals surface area contributed by atoms with Gasteiger partial charge in [0.1, 0.15) is 0 Å². The number of aromatic nitrogens is 2. The summed E-state index contributed by atoms with van der Waals surface area (Å²) in [5.41, 5.74) is 16.5. The Bertz CT molecular complexity index is 2180. The van der Waals surface area contributed by atoms with Gasteiger partial charge in [-0.1, -0.05) is 24.3 Å². The van der Waals surface area contributed by atoms with Gasteiger partial charge in [-0.3, -0.25) is 0 Å². The molecule has 0 bridgehead atoms. The van der Waals surface area contributed by atoms with Gasteiger partial charge in [-0.25, -0.2) is 19.5 Å². The molecule has 2 aliphatic heterocycles. The van der Waals surface area contributed by atoms with Crippen molar-refractivity contribution in [3.63, 3.8) is 0 Å². The number of nitrogens with two attached hydrogens (primary N) is 1. The topological polar surface area (TPSA) is 167 Å². The highest BCUT2D eigenvalue weighted by molar-refractivity contribution is 7.87. The number of amides is 2. The number of nitrogen functional groups attached to an aromatic ring is 1. The van der Waals surface area contributed by atoms with Gasteiger partial charge < -0.3 is 35.6 Å². The zero-order chi connectivity index (χ0) is 41.4. The standard InChI is InChI=1S/C22H29N5O4S.C15H16N2O.C6H14N2.2H2S/c1-26-12-10-17(14-26)27(2)32(29,30)25-22(28)24-21-18-6-4-5-15(18)7-8-19(21)16-9-11-23-20(13-16)31-3;1-18-14-9-11(7-8-17-14)13-6-5-10-3-2-4-12(10)15(13)16;1-7-6-3-4-8(2)5-6;;/h7-9,11,13,17H,4-6,10,12,14H2,1-3H3,(H2,24,25,28);5-9H,2-4,16H2,1H3;6-7H,3-5H2,1-2H3;2*1H2/t17-;;6-;;/m0.0../s1. The highest BCUT2D eigenvalue weighted by Crippen LogP contribution is 2.39. The summed E-state index contributed by atoms with van der Waals surface area (Å²) in [6.45, 7) is 3.94. The highest BCUT2D eigenvalue weighted by atomic mass is 32.2. The largest absolute Gasteiger partial charge is 0.481 e. The highest BCUT2D eigenvalue weighted by Gasteiger charge is 2.32. The molecule has 328 valence electrons. The Morgan fingerprint density at radius 2 is 1.35 bits per heavy atom. The number of carbonyl (C=O) groups is 1. The quantitative estimate of drug-likeness (QED) is 0.163. The number of likely N-dealkylation sites (tertiary alicyclic amines) is 2. The van der Waals surface area contributed by atoms with Gasteiger partial charge in [0.05, 0.1) is 19.9 Å². The van der Waals surface area contributed by atoms with Gasteiger partial charge in [-0.15, -0.1) is 0 Å². The molecule has 2 aromatic carbocycles. The molecular weight excluding hydrogens is 819 g/mol. The van der Waals surface area contributed by atoms with Crippen LogP contribution < -0.4 is 30.6 Å². The molecule has 4 heterocycles. The van der Waals surface area contributed by atoms with E-state index in [0.29, 0.717) is 24.0 Å². The zero-order valence-corrected chi connectivity index (χ0v) is 38.5. The number of nitrogens with one attached hydrogen (secondary N) is 3. The Morgan fingerprint density at radius 3 is 1.88 bits per heavy atom. The van der Waals surface area contributed by atoms with Gasteiger partial charge in [-0.2, -0.15) is 39.7 Å². The second-order valence-corrected chi connectivity index (χ2v) is 17.2. The molecule has 2 amide bonds. The van der Waals surface area contributed by atoms with E-state index in [1.54, 1.807) is 32.7 Å². The summed E-state index contributed by atoms with van der Waals surface area (Å²) < 4.78 is 39.4. The molecule has 17 heteroatoms. The smallest absolute Gasteiger partial charge is 0.333 e. The number of likely N-dealkylation sites (N-methyl/N-ethyl adjacent to an activating group) is 4. The molecule has 14 nitrogen and oxygen atoms in total. The molecule has 2 aliphatic carbocycles. The Kier molecular flexibility index (Phi) is 17.9. The second kappa shape index (κ2) is 22.1. The average molecular weight is 882 g/mol. The molecule has 8 rings (SSSR count). The molecule has 2 fully saturated rings. The van der Waals surface area contributed by atoms with E-state index in [1.807, 2.05) is 38.4 Å². The Balaban J connectivity index is 0.000000237. The first-order valence-electron chi connectivity index (χ1n) is 20.1. The van der Waals surface area contributed by atoms with Crippen LogP contribution in [0.4, 0.5) is 16.2 Å². The molecule has 4 aliphatic rings. The molecule has 0 spiro atoms. The Hall–Kier alpha value is -4.10. The number of anilines is 2. The molecule has 4 aromatic rings. The lowest BCUT2D eigenvalue weighted by Gasteiger charge is -2.24. The summed E-state index contributed by atoms with van der Waals surface area (Å²) in [5, 5.41) is 6.08. The van der Waals surface area contributed by atoms with Crippen molar-refractivity contribution in [3.8, 4) is 34.0 Å². The number of benzene rings is 2. The van der Waals surface area contributed by atoms with E-state index in [1.165, 1.54) is 54.0 Å². The van der Waals surface area contributed by atoms with Crippen LogP contribution in [0, 0.1) is 0 Å². The molecule has 0 radical (unpaired) electrons. The third-order valence-electron chi connectivity index (χ3n) is 11.6. The van der Waals surface area contributed by atoms with Crippen LogP contribution in [0.3, 0.4) is 0 Å². The lowest BCUT2D eigenvalue weighted by Crippen LogP contribution is -2.48. The number of urea groups is 1. The number of ether oxygens (including phenoxy) is 2. The molecule has 5 N–H and O–H groups in total. The lowest BCUT2D eigenvalue weighted by molar-refractivity contribution is 0.255. The third-order valence-corrected chi connectivity index (χ3v) is 13.1. The van der Waals surface area contributed by atoms with E-state index in [9.17, 15) is 13.2 Å². The maximum Gasteiger partial charge on any atom is 0.333 e. The van der Waals surface area contributed by atoms with Crippen molar-refractivity contribution in [2.24, 2.45) is 0 Å². The molecule has 2 atom stereocenters. The zero-order valence-electron chi connectivity index (χ0n) is 35.7. The number of nitrogens with zero attached hydrogens (tertiary/aromatic N) is 5. The van der Waals surface area contributed by atoms with Crippen LogP contribution in [0.5, 0.6) is 11.8 Å². The number of rotatable bonds is 9. The van der Waals surface area contributed by atoms with Gasteiger partial charge in [0.2, 0.25) is 11.8 Å². The summed E-state index contributed by atoms with van der Waals surface area (Å²) in [6.07, 6.45) is 11.6. The van der Waals surface area contributed by atoms with Crippen molar-refractivity contribution in [1.29, 1.82) is 0 Å². The fourth-order valence-corrected chi connectivity index (χ4v) is 9.27. The number of aryl methyl sites for hydroxylation is 2. The van der Waals surface area contributed by atoms with Crippen LogP contribution in [0.15, 0.2) is 60.9 Å². The SMILES string of the molecule is CN[C@H]1CCN(C)C1.COc1cc(-c2ccc3c(c2N)CCC3)ccn1.COc1cc(-c2ccc3c(c2NC(=O)NS(=O)(=O)N(C)[C@H]2CCN(C)C2)CCC3)ccn1.S.S. The summed E-state index contributed by atoms with van der Waals surface area (Å²) in [6, 6.07) is 15.7. The molecule has 0 unspecified atom stereocenters. The van der Waals surface area contributed by atoms with Crippen molar-refractivity contribution >= 4 is 54.6 Å². The summed E-state index contributed by atoms with van der Waals surface area (Å²) in [4.78, 5) is 25.5. The van der Waals surface area contributed by atoms with Gasteiger partial charge in [0.15, 0.2) is 0 Å². The molecule has 2 aromatic heterocycles. The van der Waals surface area contributed by atoms with Gasteiger partial charge in [0, 0.05) is 73.6 Å². The third kappa shape index (κ3) is 11.8. The first-order chi connectivity index (χ1) is 27.9. The molecule has 0 saturated carbocycles. The maximum atomic E-state index is 12.8. The minimum Gasteiger partial charge on any atom is -0.481 e.